The molecule has 0 heterocycles. The summed E-state index contributed by atoms with van der Waals surface area (Å²) in [4.78, 5) is 12.0. The molecule has 0 bridgehead atoms. The second kappa shape index (κ2) is 6.27. The average Bonchev–Trinajstić information content (AvgIpc) is 2.77. The first kappa shape index (κ1) is 14.9. The first-order chi connectivity index (χ1) is 9.50. The van der Waals surface area contributed by atoms with Crippen molar-refractivity contribution in [2.45, 2.75) is 39.2 Å². The molecule has 0 spiro atoms. The molecule has 1 fully saturated rings. The summed E-state index contributed by atoms with van der Waals surface area (Å²) in [5.41, 5.74) is 1.12. The van der Waals surface area contributed by atoms with Gasteiger partial charge in [0.05, 0.1) is 19.3 Å². The molecule has 1 aromatic carbocycles. The smallest absolute Gasteiger partial charge is 0.238 e. The lowest BCUT2D eigenvalue weighted by Crippen LogP contribution is -2.35. The number of anilines is 1. The van der Waals surface area contributed by atoms with E-state index in [9.17, 15) is 4.79 Å². The maximum absolute atomic E-state index is 12.0. The van der Waals surface area contributed by atoms with Crippen molar-refractivity contribution in [3.63, 3.8) is 0 Å². The Labute approximate surface area is 120 Å². The van der Waals surface area contributed by atoms with Crippen LogP contribution in [0.4, 0.5) is 5.69 Å². The number of ether oxygens (including phenoxy) is 1. The van der Waals surface area contributed by atoms with Gasteiger partial charge in [-0.25, -0.2) is 0 Å². The largest absolute Gasteiger partial charge is 0.495 e. The normalized spacial score (nSPS) is 20.6. The van der Waals surface area contributed by atoms with Crippen LogP contribution in [-0.2, 0) is 4.79 Å². The fourth-order valence-corrected chi connectivity index (χ4v) is 2.79. The Balaban J connectivity index is 1.81. The zero-order chi connectivity index (χ0) is 14.6. The van der Waals surface area contributed by atoms with Crippen LogP contribution in [0.1, 0.15) is 33.1 Å². The van der Waals surface area contributed by atoms with Gasteiger partial charge in [-0.2, -0.15) is 0 Å². The first-order valence-electron chi connectivity index (χ1n) is 7.16. The fourth-order valence-electron chi connectivity index (χ4n) is 2.79. The summed E-state index contributed by atoms with van der Waals surface area (Å²) in [6.07, 6.45) is 3.50. The van der Waals surface area contributed by atoms with Gasteiger partial charge >= 0.3 is 0 Å². The minimum atomic E-state index is -0.0285. The molecule has 1 aliphatic carbocycles. The number of benzene rings is 1. The maximum atomic E-state index is 12.0. The van der Waals surface area contributed by atoms with Crippen molar-refractivity contribution in [3.05, 3.63) is 24.3 Å². The number of hydrogen-bond acceptors (Lipinski definition) is 3. The first-order valence-corrected chi connectivity index (χ1v) is 7.16. The van der Waals surface area contributed by atoms with Gasteiger partial charge in [-0.15, -0.1) is 0 Å². The minimum Gasteiger partial charge on any atom is -0.495 e. The summed E-state index contributed by atoms with van der Waals surface area (Å²) in [5.74, 6) is 0.655. The minimum absolute atomic E-state index is 0.0285. The molecule has 0 radical (unpaired) electrons. The molecule has 2 N–H and O–H groups in total. The molecule has 1 amide bonds. The van der Waals surface area contributed by atoms with E-state index in [2.05, 4.69) is 24.5 Å². The molecule has 110 valence electrons. The molecule has 20 heavy (non-hydrogen) atoms. The van der Waals surface area contributed by atoms with Crippen LogP contribution in [0.5, 0.6) is 5.75 Å². The fraction of sp³-hybridized carbons (Fsp3) is 0.562. The van der Waals surface area contributed by atoms with E-state index >= 15 is 0 Å². The molecular weight excluding hydrogens is 252 g/mol. The highest BCUT2D eigenvalue weighted by atomic mass is 16.5. The maximum Gasteiger partial charge on any atom is 0.238 e. The Morgan fingerprint density at radius 3 is 2.80 bits per heavy atom. The summed E-state index contributed by atoms with van der Waals surface area (Å²) in [7, 11) is 1.60. The number of para-hydroxylation sites is 2. The molecule has 1 aromatic rings. The Morgan fingerprint density at radius 2 is 2.15 bits per heavy atom. The Hall–Kier alpha value is -1.55. The van der Waals surface area contributed by atoms with E-state index in [0.717, 1.165) is 12.8 Å². The van der Waals surface area contributed by atoms with Crippen molar-refractivity contribution in [2.24, 2.45) is 5.41 Å². The lowest BCUT2D eigenvalue weighted by molar-refractivity contribution is -0.115. The van der Waals surface area contributed by atoms with Gasteiger partial charge in [0.15, 0.2) is 0 Å². The molecular formula is C16H24N2O2. The third-order valence-corrected chi connectivity index (χ3v) is 3.90. The van der Waals surface area contributed by atoms with E-state index in [1.807, 2.05) is 24.3 Å². The topological polar surface area (TPSA) is 50.4 Å². The van der Waals surface area contributed by atoms with E-state index < -0.39 is 0 Å². The third-order valence-electron chi connectivity index (χ3n) is 3.90. The summed E-state index contributed by atoms with van der Waals surface area (Å²) >= 11 is 0. The third kappa shape index (κ3) is 3.97. The SMILES string of the molecule is COc1ccccc1NC(=O)CNC1CCC(C)(C)C1. The monoisotopic (exact) mass is 276 g/mol. The average molecular weight is 276 g/mol. The zero-order valence-electron chi connectivity index (χ0n) is 12.5. The van der Waals surface area contributed by atoms with Crippen LogP contribution in [-0.4, -0.2) is 25.6 Å². The summed E-state index contributed by atoms with van der Waals surface area (Å²) in [5, 5.41) is 6.22. The lowest BCUT2D eigenvalue weighted by Gasteiger charge is -2.18. The van der Waals surface area contributed by atoms with E-state index in [1.165, 1.54) is 6.42 Å². The highest BCUT2D eigenvalue weighted by Crippen LogP contribution is 2.36. The lowest BCUT2D eigenvalue weighted by atomic mass is 9.92. The van der Waals surface area contributed by atoms with Crippen molar-refractivity contribution in [2.75, 3.05) is 19.0 Å². The molecule has 0 aliphatic heterocycles. The van der Waals surface area contributed by atoms with E-state index in [4.69, 9.17) is 4.74 Å². The van der Waals surface area contributed by atoms with Gasteiger partial charge < -0.3 is 15.4 Å². The number of hydrogen-bond donors (Lipinski definition) is 2. The Bertz CT molecular complexity index is 471. The number of rotatable bonds is 5. The van der Waals surface area contributed by atoms with Crippen molar-refractivity contribution < 1.29 is 9.53 Å². The van der Waals surface area contributed by atoms with Crippen molar-refractivity contribution >= 4 is 11.6 Å². The number of carbonyl (C=O) groups excluding carboxylic acids is 1. The number of nitrogens with one attached hydrogen (secondary N) is 2. The molecule has 0 aromatic heterocycles. The van der Waals surface area contributed by atoms with Gasteiger partial charge in [0, 0.05) is 6.04 Å². The van der Waals surface area contributed by atoms with Crippen molar-refractivity contribution in [1.82, 2.24) is 5.32 Å². The zero-order valence-corrected chi connectivity index (χ0v) is 12.5. The van der Waals surface area contributed by atoms with Crippen LogP contribution >= 0.6 is 0 Å². The standard InChI is InChI=1S/C16H24N2O2/c1-16(2)9-8-12(10-16)17-11-15(19)18-13-6-4-5-7-14(13)20-3/h4-7,12,17H,8-11H2,1-3H3,(H,18,19). The van der Waals surface area contributed by atoms with Crippen LogP contribution < -0.4 is 15.4 Å². The van der Waals surface area contributed by atoms with Gasteiger partial charge in [0.1, 0.15) is 5.75 Å². The van der Waals surface area contributed by atoms with Crippen LogP contribution in [0.25, 0.3) is 0 Å². The summed E-state index contributed by atoms with van der Waals surface area (Å²) in [6, 6.07) is 7.89. The van der Waals surface area contributed by atoms with Crippen LogP contribution in [0, 0.1) is 5.41 Å². The summed E-state index contributed by atoms with van der Waals surface area (Å²) < 4.78 is 5.22. The van der Waals surface area contributed by atoms with E-state index in [0.29, 0.717) is 29.4 Å². The molecule has 2 rings (SSSR count). The Kier molecular flexibility index (Phi) is 4.65. The highest BCUT2D eigenvalue weighted by Gasteiger charge is 2.30. The molecule has 4 nitrogen and oxygen atoms in total. The number of methoxy groups -OCH3 is 1. The Morgan fingerprint density at radius 1 is 1.40 bits per heavy atom. The van der Waals surface area contributed by atoms with Gasteiger partial charge in [0.2, 0.25) is 5.91 Å². The summed E-state index contributed by atoms with van der Waals surface area (Å²) in [6.45, 7) is 4.91. The van der Waals surface area contributed by atoms with Gasteiger partial charge in [-0.3, -0.25) is 4.79 Å². The number of amides is 1. The van der Waals surface area contributed by atoms with E-state index in [1.54, 1.807) is 7.11 Å². The molecule has 1 unspecified atom stereocenters. The van der Waals surface area contributed by atoms with Gasteiger partial charge in [0.25, 0.3) is 0 Å². The molecule has 0 saturated heterocycles. The van der Waals surface area contributed by atoms with Crippen molar-refractivity contribution in [1.29, 1.82) is 0 Å². The van der Waals surface area contributed by atoms with Gasteiger partial charge in [-0.1, -0.05) is 26.0 Å². The predicted octanol–water partition coefficient (Wildman–Crippen LogP) is 2.80. The number of carbonyl (C=O) groups is 1. The quantitative estimate of drug-likeness (QED) is 0.869. The molecule has 1 atom stereocenters. The molecule has 1 aliphatic rings. The molecule has 4 heteroatoms. The highest BCUT2D eigenvalue weighted by molar-refractivity contribution is 5.93. The second-order valence-corrected chi connectivity index (χ2v) is 6.23. The predicted molar refractivity (Wildman–Crippen MR) is 81.0 cm³/mol. The van der Waals surface area contributed by atoms with E-state index in [-0.39, 0.29) is 5.91 Å². The molecule has 1 saturated carbocycles. The van der Waals surface area contributed by atoms with Crippen LogP contribution in [0.15, 0.2) is 24.3 Å². The van der Waals surface area contributed by atoms with Crippen LogP contribution in [0.2, 0.25) is 0 Å². The van der Waals surface area contributed by atoms with Crippen LogP contribution in [0.3, 0.4) is 0 Å². The van der Waals surface area contributed by atoms with Crippen molar-refractivity contribution in [3.8, 4) is 5.75 Å². The second-order valence-electron chi connectivity index (χ2n) is 6.23. The van der Waals surface area contributed by atoms with Gasteiger partial charge in [-0.05, 0) is 36.8 Å².